The van der Waals surface area contributed by atoms with Crippen molar-refractivity contribution in [2.24, 2.45) is 0 Å². The number of rotatable bonds is 3. The molecule has 3 rings (SSSR count). The maximum Gasteiger partial charge on any atom is 0.294 e. The molecule has 0 spiro atoms. The number of nitrogens with one attached hydrogen (secondary N) is 1. The van der Waals surface area contributed by atoms with Crippen LogP contribution in [0.2, 0.25) is 0 Å². The number of nitrogens with zero attached hydrogens (tertiary/aromatic N) is 2. The van der Waals surface area contributed by atoms with Crippen molar-refractivity contribution in [3.05, 3.63) is 47.3 Å². The average molecular weight is 327 g/mol. The summed E-state index contributed by atoms with van der Waals surface area (Å²) in [5.74, 6) is -0.321. The van der Waals surface area contributed by atoms with Crippen molar-refractivity contribution in [2.45, 2.75) is 32.6 Å². The highest BCUT2D eigenvalue weighted by molar-refractivity contribution is 6.07. The number of para-hydroxylation sites is 1. The smallest absolute Gasteiger partial charge is 0.294 e. The molecule has 2 amide bonds. The van der Waals surface area contributed by atoms with E-state index in [9.17, 15) is 9.59 Å². The molecule has 0 bridgehead atoms. The van der Waals surface area contributed by atoms with Crippen molar-refractivity contribution in [1.82, 2.24) is 10.1 Å². The van der Waals surface area contributed by atoms with Crippen LogP contribution in [-0.4, -0.2) is 35.0 Å². The molecule has 6 heteroatoms. The summed E-state index contributed by atoms with van der Waals surface area (Å²) in [7, 11) is 0. The summed E-state index contributed by atoms with van der Waals surface area (Å²) in [6.07, 6.45) is 4.37. The lowest BCUT2D eigenvalue weighted by Gasteiger charge is -2.21. The molecule has 0 saturated carbocycles. The van der Waals surface area contributed by atoms with Crippen LogP contribution in [0.25, 0.3) is 0 Å². The molecule has 1 aliphatic rings. The van der Waals surface area contributed by atoms with Crippen molar-refractivity contribution in [1.29, 1.82) is 0 Å². The summed E-state index contributed by atoms with van der Waals surface area (Å²) in [5, 5.41) is 6.47. The van der Waals surface area contributed by atoms with Gasteiger partial charge in [0.15, 0.2) is 0 Å². The van der Waals surface area contributed by atoms with Crippen molar-refractivity contribution < 1.29 is 14.1 Å². The largest absolute Gasteiger partial charge is 0.351 e. The highest BCUT2D eigenvalue weighted by atomic mass is 16.5. The topological polar surface area (TPSA) is 75.4 Å². The third-order valence-electron chi connectivity index (χ3n) is 4.15. The van der Waals surface area contributed by atoms with Gasteiger partial charge in [-0.1, -0.05) is 30.1 Å². The summed E-state index contributed by atoms with van der Waals surface area (Å²) in [6.45, 7) is 3.28. The van der Waals surface area contributed by atoms with E-state index in [0.29, 0.717) is 16.9 Å². The minimum Gasteiger partial charge on any atom is -0.351 e. The molecule has 2 heterocycles. The number of aryl methyl sites for hydroxylation is 1. The molecule has 1 fully saturated rings. The summed E-state index contributed by atoms with van der Waals surface area (Å²) < 4.78 is 4.97. The number of carbonyl (C=O) groups is 2. The van der Waals surface area contributed by atoms with Gasteiger partial charge in [-0.15, -0.1) is 0 Å². The summed E-state index contributed by atoms with van der Waals surface area (Å²) in [5.41, 5.74) is 1.63. The van der Waals surface area contributed by atoms with Gasteiger partial charge in [0.25, 0.3) is 11.8 Å². The van der Waals surface area contributed by atoms with Gasteiger partial charge in [-0.3, -0.25) is 9.59 Å². The Labute approximate surface area is 140 Å². The summed E-state index contributed by atoms with van der Waals surface area (Å²) in [6, 6.07) is 8.63. The van der Waals surface area contributed by atoms with Crippen molar-refractivity contribution >= 4 is 17.5 Å². The molecule has 0 unspecified atom stereocenters. The lowest BCUT2D eigenvalue weighted by molar-refractivity contribution is 0.0762. The van der Waals surface area contributed by atoms with Gasteiger partial charge in [0.05, 0.1) is 16.9 Å². The fourth-order valence-corrected chi connectivity index (χ4v) is 2.88. The van der Waals surface area contributed by atoms with Crippen molar-refractivity contribution in [3.63, 3.8) is 0 Å². The minimum atomic E-state index is -0.410. The van der Waals surface area contributed by atoms with E-state index in [2.05, 4.69) is 10.5 Å². The zero-order valence-corrected chi connectivity index (χ0v) is 13.7. The van der Waals surface area contributed by atoms with Crippen molar-refractivity contribution in [2.75, 3.05) is 18.4 Å². The van der Waals surface area contributed by atoms with Crippen LogP contribution in [-0.2, 0) is 0 Å². The molecule has 0 aliphatic carbocycles. The molecule has 1 N–H and O–H groups in total. The Morgan fingerprint density at radius 3 is 2.50 bits per heavy atom. The lowest BCUT2D eigenvalue weighted by Crippen LogP contribution is -2.32. The molecule has 0 atom stereocenters. The Balaban J connectivity index is 1.79. The van der Waals surface area contributed by atoms with Crippen LogP contribution in [0.15, 0.2) is 34.9 Å². The number of hydrogen-bond donors (Lipinski definition) is 1. The Hall–Kier alpha value is -2.63. The van der Waals surface area contributed by atoms with E-state index in [1.807, 2.05) is 4.90 Å². The van der Waals surface area contributed by atoms with Gasteiger partial charge >= 0.3 is 0 Å². The quantitative estimate of drug-likeness (QED) is 0.939. The van der Waals surface area contributed by atoms with Crippen LogP contribution in [0.4, 0.5) is 5.69 Å². The molecule has 1 aliphatic heterocycles. The number of carbonyl (C=O) groups excluding carboxylic acids is 2. The standard InChI is InChI=1S/C18H21N3O3/c1-13-12-16(24-20-13)17(22)19-15-9-5-4-8-14(15)18(23)21-10-6-2-3-7-11-21/h4-5,8-9,12H,2-3,6-7,10-11H2,1H3,(H,19,22). The number of likely N-dealkylation sites (tertiary alicyclic amines) is 1. The van der Waals surface area contributed by atoms with E-state index in [-0.39, 0.29) is 11.7 Å². The Bertz CT molecular complexity index is 731. The second kappa shape index (κ2) is 7.29. The predicted molar refractivity (Wildman–Crippen MR) is 90.0 cm³/mol. The van der Waals surface area contributed by atoms with Gasteiger partial charge in [0, 0.05) is 19.2 Å². The van der Waals surface area contributed by atoms with Crippen LogP contribution < -0.4 is 5.32 Å². The molecule has 0 radical (unpaired) electrons. The number of hydrogen-bond acceptors (Lipinski definition) is 4. The summed E-state index contributed by atoms with van der Waals surface area (Å²) in [4.78, 5) is 27.0. The van der Waals surface area contributed by atoms with Gasteiger partial charge in [-0.05, 0) is 31.9 Å². The number of benzene rings is 1. The third-order valence-corrected chi connectivity index (χ3v) is 4.15. The first-order valence-corrected chi connectivity index (χ1v) is 8.28. The Morgan fingerprint density at radius 2 is 1.83 bits per heavy atom. The molecular formula is C18H21N3O3. The third kappa shape index (κ3) is 3.64. The van der Waals surface area contributed by atoms with E-state index in [0.717, 1.165) is 38.8 Å². The zero-order chi connectivity index (χ0) is 16.9. The first-order valence-electron chi connectivity index (χ1n) is 8.28. The molecule has 6 nitrogen and oxygen atoms in total. The first kappa shape index (κ1) is 16.2. The van der Waals surface area contributed by atoms with E-state index < -0.39 is 5.91 Å². The van der Waals surface area contributed by atoms with E-state index in [1.165, 1.54) is 0 Å². The SMILES string of the molecule is Cc1cc(C(=O)Nc2ccccc2C(=O)N2CCCCCC2)on1. The minimum absolute atomic E-state index is 0.0402. The van der Waals surface area contributed by atoms with Gasteiger partial charge in [0.2, 0.25) is 5.76 Å². The van der Waals surface area contributed by atoms with Crippen LogP contribution in [0.1, 0.15) is 52.3 Å². The van der Waals surface area contributed by atoms with Gasteiger partial charge in [-0.2, -0.15) is 0 Å². The number of amides is 2. The predicted octanol–water partition coefficient (Wildman–Crippen LogP) is 3.25. The molecular weight excluding hydrogens is 306 g/mol. The Morgan fingerprint density at radius 1 is 1.12 bits per heavy atom. The van der Waals surface area contributed by atoms with E-state index in [1.54, 1.807) is 37.3 Å². The fourth-order valence-electron chi connectivity index (χ4n) is 2.88. The lowest BCUT2D eigenvalue weighted by atomic mass is 10.1. The molecule has 1 saturated heterocycles. The summed E-state index contributed by atoms with van der Waals surface area (Å²) >= 11 is 0. The average Bonchev–Trinajstić information content (AvgIpc) is 2.85. The molecule has 1 aromatic heterocycles. The fraction of sp³-hybridized carbons (Fsp3) is 0.389. The first-order chi connectivity index (χ1) is 11.6. The highest BCUT2D eigenvalue weighted by Gasteiger charge is 2.21. The molecule has 24 heavy (non-hydrogen) atoms. The van der Waals surface area contributed by atoms with Crippen LogP contribution in [0, 0.1) is 6.92 Å². The number of anilines is 1. The number of aromatic nitrogens is 1. The van der Waals surface area contributed by atoms with Crippen LogP contribution in [0.5, 0.6) is 0 Å². The normalized spacial score (nSPS) is 15.0. The highest BCUT2D eigenvalue weighted by Crippen LogP contribution is 2.20. The van der Waals surface area contributed by atoms with Gasteiger partial charge < -0.3 is 14.7 Å². The van der Waals surface area contributed by atoms with E-state index >= 15 is 0 Å². The Kier molecular flexibility index (Phi) is 4.93. The molecule has 2 aromatic rings. The van der Waals surface area contributed by atoms with Crippen LogP contribution in [0.3, 0.4) is 0 Å². The maximum atomic E-state index is 12.8. The van der Waals surface area contributed by atoms with Crippen LogP contribution >= 0.6 is 0 Å². The van der Waals surface area contributed by atoms with Crippen molar-refractivity contribution in [3.8, 4) is 0 Å². The second-order valence-electron chi connectivity index (χ2n) is 6.04. The zero-order valence-electron chi connectivity index (χ0n) is 13.7. The van der Waals surface area contributed by atoms with Gasteiger partial charge in [0.1, 0.15) is 0 Å². The maximum absolute atomic E-state index is 12.8. The monoisotopic (exact) mass is 327 g/mol. The molecule has 1 aromatic carbocycles. The van der Waals surface area contributed by atoms with E-state index in [4.69, 9.17) is 4.52 Å². The second-order valence-corrected chi connectivity index (χ2v) is 6.04. The molecule has 126 valence electrons. The van der Waals surface area contributed by atoms with Gasteiger partial charge in [-0.25, -0.2) is 0 Å².